The molecular weight excluding hydrogens is 528 g/mol. The van der Waals surface area contributed by atoms with E-state index in [1.54, 1.807) is 6.92 Å². The van der Waals surface area contributed by atoms with Crippen molar-refractivity contribution in [3.8, 4) is 22.3 Å². The molecule has 4 rings (SSSR count). The summed E-state index contributed by atoms with van der Waals surface area (Å²) in [6.07, 6.45) is 0. The van der Waals surface area contributed by atoms with Gasteiger partial charge in [0.05, 0.1) is 0 Å². The summed E-state index contributed by atoms with van der Waals surface area (Å²) in [5.74, 6) is 0.138. The molecule has 0 amide bonds. The normalized spacial score (nSPS) is 10.2. The minimum Gasteiger partial charge on any atom is -0.295 e. The molecule has 0 unspecified atom stereocenters. The summed E-state index contributed by atoms with van der Waals surface area (Å²) in [6.45, 7) is 1.58. The molecule has 0 aliphatic heterocycles. The highest BCUT2D eigenvalue weighted by molar-refractivity contribution is 9.25. The van der Waals surface area contributed by atoms with Crippen LogP contribution in [0.5, 0.6) is 0 Å². The van der Waals surface area contributed by atoms with Crippen LogP contribution in [0.4, 0.5) is 0 Å². The van der Waals surface area contributed by atoms with Crippen molar-refractivity contribution in [1.29, 1.82) is 0 Å². The van der Waals surface area contributed by atoms with Gasteiger partial charge in [0.2, 0.25) is 0 Å². The predicted octanol–water partition coefficient (Wildman–Crippen LogP) is 8.21. The van der Waals surface area contributed by atoms with Crippen LogP contribution in [0.1, 0.15) is 27.6 Å². The Kier molecular flexibility index (Phi) is 8.72. The Morgan fingerprint density at radius 2 is 0.875 bits per heavy atom. The van der Waals surface area contributed by atoms with E-state index in [9.17, 15) is 9.59 Å². The molecule has 160 valence electrons. The van der Waals surface area contributed by atoms with Crippen molar-refractivity contribution >= 4 is 43.4 Å². The number of benzene rings is 4. The maximum atomic E-state index is 11.7. The molecule has 0 spiro atoms. The average Bonchev–Trinajstić information content (AvgIpc) is 2.85. The SMILES string of the molecule is CC(=O)c1ccc(-c2ccccc2)cc1.O=C(c1ccc(-c2ccccc2)cc1)C(Br)Br. The number of carbonyl (C=O) groups is 2. The molecule has 0 saturated carbocycles. The van der Waals surface area contributed by atoms with Crippen LogP contribution in [-0.2, 0) is 0 Å². The van der Waals surface area contributed by atoms with Gasteiger partial charge in [-0.05, 0) is 29.2 Å². The summed E-state index contributed by atoms with van der Waals surface area (Å²) < 4.78 is -0.322. The third-order valence-electron chi connectivity index (χ3n) is 4.87. The van der Waals surface area contributed by atoms with Gasteiger partial charge >= 0.3 is 0 Å². The van der Waals surface area contributed by atoms with Crippen LogP contribution in [0.15, 0.2) is 109 Å². The fourth-order valence-corrected chi connectivity index (χ4v) is 3.64. The highest BCUT2D eigenvalue weighted by Crippen LogP contribution is 2.22. The maximum Gasteiger partial charge on any atom is 0.187 e. The molecule has 0 aliphatic carbocycles. The summed E-state index contributed by atoms with van der Waals surface area (Å²) in [5.41, 5.74) is 6.04. The van der Waals surface area contributed by atoms with E-state index in [1.807, 2.05) is 84.9 Å². The van der Waals surface area contributed by atoms with Crippen LogP contribution < -0.4 is 0 Å². The molecule has 2 nitrogen and oxygen atoms in total. The summed E-state index contributed by atoms with van der Waals surface area (Å²) in [6, 6.07) is 35.5. The molecule has 0 aromatic heterocycles. The molecular formula is C28H22Br2O2. The third-order valence-corrected chi connectivity index (χ3v) is 5.70. The Balaban J connectivity index is 0.000000182. The summed E-state index contributed by atoms with van der Waals surface area (Å²) in [5, 5.41) is 0. The van der Waals surface area contributed by atoms with Gasteiger partial charge in [-0.15, -0.1) is 0 Å². The summed E-state index contributed by atoms with van der Waals surface area (Å²) in [7, 11) is 0. The molecule has 0 fully saturated rings. The van der Waals surface area contributed by atoms with Crippen molar-refractivity contribution in [3.63, 3.8) is 0 Å². The fraction of sp³-hybridized carbons (Fsp3) is 0.0714. The van der Waals surface area contributed by atoms with Crippen molar-refractivity contribution in [3.05, 3.63) is 120 Å². The van der Waals surface area contributed by atoms with E-state index in [2.05, 4.69) is 56.1 Å². The smallest absolute Gasteiger partial charge is 0.187 e. The number of alkyl halides is 2. The number of carbonyl (C=O) groups excluding carboxylic acids is 2. The zero-order valence-electron chi connectivity index (χ0n) is 17.5. The summed E-state index contributed by atoms with van der Waals surface area (Å²) >= 11 is 6.41. The molecule has 0 N–H and O–H groups in total. The van der Waals surface area contributed by atoms with Gasteiger partial charge in [-0.25, -0.2) is 0 Å². The molecule has 0 bridgehead atoms. The van der Waals surface area contributed by atoms with Gasteiger partial charge in [-0.1, -0.05) is 141 Å². The Hall–Kier alpha value is -2.82. The monoisotopic (exact) mass is 548 g/mol. The lowest BCUT2D eigenvalue weighted by atomic mass is 10.0. The van der Waals surface area contributed by atoms with Gasteiger partial charge in [0.1, 0.15) is 3.74 Å². The summed E-state index contributed by atoms with van der Waals surface area (Å²) in [4.78, 5) is 22.8. The number of halogens is 2. The first-order chi connectivity index (χ1) is 15.5. The second kappa shape index (κ2) is 11.7. The zero-order valence-corrected chi connectivity index (χ0v) is 20.7. The molecule has 4 heteroatoms. The van der Waals surface area contributed by atoms with Crippen LogP contribution in [0.25, 0.3) is 22.3 Å². The van der Waals surface area contributed by atoms with Crippen molar-refractivity contribution in [2.75, 3.05) is 0 Å². The standard InChI is InChI=1S/C14H10Br2O.C14H12O/c15-14(16)13(17)12-8-6-11(7-9-12)10-4-2-1-3-5-10;1-11(15)12-7-9-14(10-8-12)13-5-3-2-4-6-13/h1-9,14H;2-10H,1H3. The van der Waals surface area contributed by atoms with E-state index in [1.165, 1.54) is 5.56 Å². The molecule has 32 heavy (non-hydrogen) atoms. The Bertz CT molecular complexity index is 1150. The topological polar surface area (TPSA) is 34.1 Å². The Morgan fingerprint density at radius 1 is 0.531 bits per heavy atom. The number of rotatable bonds is 5. The van der Waals surface area contributed by atoms with Gasteiger partial charge in [0, 0.05) is 11.1 Å². The molecule has 0 saturated heterocycles. The average molecular weight is 550 g/mol. The third kappa shape index (κ3) is 6.59. The van der Waals surface area contributed by atoms with E-state index in [0.717, 1.165) is 22.3 Å². The van der Waals surface area contributed by atoms with Crippen molar-refractivity contribution in [2.45, 2.75) is 10.7 Å². The Labute approximate surface area is 205 Å². The lowest BCUT2D eigenvalue weighted by Gasteiger charge is -2.04. The second-order valence-electron chi connectivity index (χ2n) is 7.11. The van der Waals surface area contributed by atoms with Crippen LogP contribution >= 0.6 is 31.9 Å². The van der Waals surface area contributed by atoms with Crippen LogP contribution in [0, 0.1) is 0 Å². The molecule has 4 aromatic carbocycles. The maximum absolute atomic E-state index is 11.7. The van der Waals surface area contributed by atoms with Gasteiger partial charge in [-0.2, -0.15) is 0 Å². The highest BCUT2D eigenvalue weighted by atomic mass is 79.9. The molecule has 0 radical (unpaired) electrons. The molecule has 0 heterocycles. The lowest BCUT2D eigenvalue weighted by molar-refractivity contribution is 0.100. The molecule has 4 aromatic rings. The minimum atomic E-state index is -0.322. The lowest BCUT2D eigenvalue weighted by Crippen LogP contribution is -2.06. The number of hydrogen-bond donors (Lipinski definition) is 0. The van der Waals surface area contributed by atoms with Gasteiger partial charge in [0.25, 0.3) is 0 Å². The van der Waals surface area contributed by atoms with Crippen molar-refractivity contribution in [2.24, 2.45) is 0 Å². The van der Waals surface area contributed by atoms with Crippen LogP contribution in [0.3, 0.4) is 0 Å². The zero-order chi connectivity index (χ0) is 22.9. The number of hydrogen-bond acceptors (Lipinski definition) is 2. The van der Waals surface area contributed by atoms with Gasteiger partial charge in [-0.3, -0.25) is 9.59 Å². The van der Waals surface area contributed by atoms with E-state index < -0.39 is 0 Å². The molecule has 0 atom stereocenters. The van der Waals surface area contributed by atoms with Gasteiger partial charge < -0.3 is 0 Å². The van der Waals surface area contributed by atoms with Crippen molar-refractivity contribution in [1.82, 2.24) is 0 Å². The minimum absolute atomic E-state index is 0.0320. The Morgan fingerprint density at radius 3 is 1.22 bits per heavy atom. The van der Waals surface area contributed by atoms with Crippen molar-refractivity contribution < 1.29 is 9.59 Å². The largest absolute Gasteiger partial charge is 0.295 e. The van der Waals surface area contributed by atoms with E-state index in [4.69, 9.17) is 0 Å². The van der Waals surface area contributed by atoms with Gasteiger partial charge in [0.15, 0.2) is 11.6 Å². The van der Waals surface area contributed by atoms with Crippen LogP contribution in [0.2, 0.25) is 0 Å². The van der Waals surface area contributed by atoms with Crippen LogP contribution in [-0.4, -0.2) is 15.3 Å². The van der Waals surface area contributed by atoms with E-state index in [-0.39, 0.29) is 15.3 Å². The first-order valence-corrected chi connectivity index (χ1v) is 11.9. The predicted molar refractivity (Wildman–Crippen MR) is 140 cm³/mol. The quantitative estimate of drug-likeness (QED) is 0.186. The number of Topliss-reactive ketones (excluding diaryl/α,β-unsaturated/α-hetero) is 2. The van der Waals surface area contributed by atoms with E-state index in [0.29, 0.717) is 5.56 Å². The first-order valence-electron chi connectivity index (χ1n) is 10.1. The van der Waals surface area contributed by atoms with E-state index >= 15 is 0 Å². The molecule has 0 aliphatic rings. The highest BCUT2D eigenvalue weighted by Gasteiger charge is 2.12. The first kappa shape index (κ1) is 23.8. The second-order valence-corrected chi connectivity index (χ2v) is 10.2. The number of ketones is 2. The fourth-order valence-electron chi connectivity index (χ4n) is 3.11.